The molecule has 1 aromatic heterocycles. The summed E-state index contributed by atoms with van der Waals surface area (Å²) in [6, 6.07) is 7.14. The Kier molecular flexibility index (Phi) is 5.15. The molecule has 2 rings (SSSR count). The molecule has 0 saturated carbocycles. The molecule has 0 radical (unpaired) electrons. The number of hydrogen-bond donors (Lipinski definition) is 1. The molecule has 22 heavy (non-hydrogen) atoms. The number of sulfonamides is 1. The SMILES string of the molecule is COc1cc(C)c(S(=O)(=O)NCCc2cccnc2)cc1C. The monoisotopic (exact) mass is 320 g/mol. The van der Waals surface area contributed by atoms with Gasteiger partial charge in [-0.2, -0.15) is 0 Å². The second-order valence-electron chi connectivity index (χ2n) is 5.10. The van der Waals surface area contributed by atoms with Crippen LogP contribution in [0.4, 0.5) is 0 Å². The van der Waals surface area contributed by atoms with Crippen molar-refractivity contribution in [2.24, 2.45) is 0 Å². The van der Waals surface area contributed by atoms with Gasteiger partial charge in [0.1, 0.15) is 5.75 Å². The van der Waals surface area contributed by atoms with E-state index in [0.29, 0.717) is 24.3 Å². The van der Waals surface area contributed by atoms with E-state index < -0.39 is 10.0 Å². The Morgan fingerprint density at radius 3 is 2.64 bits per heavy atom. The number of pyridine rings is 1. The summed E-state index contributed by atoms with van der Waals surface area (Å²) < 4.78 is 32.7. The second-order valence-corrected chi connectivity index (χ2v) is 6.83. The van der Waals surface area contributed by atoms with E-state index in [1.165, 1.54) is 0 Å². The minimum Gasteiger partial charge on any atom is -0.496 e. The summed E-state index contributed by atoms with van der Waals surface area (Å²) in [7, 11) is -1.96. The molecule has 0 atom stereocenters. The molecule has 0 saturated heterocycles. The zero-order valence-electron chi connectivity index (χ0n) is 13.0. The third-order valence-corrected chi connectivity index (χ3v) is 5.01. The van der Waals surface area contributed by atoms with Gasteiger partial charge in [-0.15, -0.1) is 0 Å². The van der Waals surface area contributed by atoms with Crippen LogP contribution >= 0.6 is 0 Å². The molecular weight excluding hydrogens is 300 g/mol. The van der Waals surface area contributed by atoms with E-state index in [9.17, 15) is 8.42 Å². The van der Waals surface area contributed by atoms with Crippen molar-refractivity contribution in [1.82, 2.24) is 9.71 Å². The first-order chi connectivity index (χ1) is 10.4. The minimum atomic E-state index is -3.53. The number of nitrogens with one attached hydrogen (secondary N) is 1. The molecule has 2 aromatic rings. The maximum atomic E-state index is 12.4. The van der Waals surface area contributed by atoms with Crippen LogP contribution in [0.1, 0.15) is 16.7 Å². The predicted molar refractivity (Wildman–Crippen MR) is 85.6 cm³/mol. The summed E-state index contributed by atoms with van der Waals surface area (Å²) in [6.07, 6.45) is 4.02. The number of hydrogen-bond acceptors (Lipinski definition) is 4. The predicted octanol–water partition coefficient (Wildman–Crippen LogP) is 2.23. The topological polar surface area (TPSA) is 68.3 Å². The van der Waals surface area contributed by atoms with Crippen LogP contribution in [0.3, 0.4) is 0 Å². The average molecular weight is 320 g/mol. The van der Waals surface area contributed by atoms with Gasteiger partial charge in [-0.05, 0) is 55.2 Å². The van der Waals surface area contributed by atoms with Crippen molar-refractivity contribution in [1.29, 1.82) is 0 Å². The summed E-state index contributed by atoms with van der Waals surface area (Å²) in [5.41, 5.74) is 2.45. The van der Waals surface area contributed by atoms with E-state index in [4.69, 9.17) is 4.74 Å². The first kappa shape index (κ1) is 16.5. The van der Waals surface area contributed by atoms with Gasteiger partial charge in [0.25, 0.3) is 0 Å². The van der Waals surface area contributed by atoms with E-state index in [1.54, 1.807) is 38.6 Å². The number of benzene rings is 1. The lowest BCUT2D eigenvalue weighted by molar-refractivity contribution is 0.411. The van der Waals surface area contributed by atoms with Crippen molar-refractivity contribution in [2.45, 2.75) is 25.2 Å². The van der Waals surface area contributed by atoms with Crippen LogP contribution < -0.4 is 9.46 Å². The number of aromatic nitrogens is 1. The van der Waals surface area contributed by atoms with Gasteiger partial charge in [0.15, 0.2) is 0 Å². The number of ether oxygens (including phenoxy) is 1. The van der Waals surface area contributed by atoms with Gasteiger partial charge >= 0.3 is 0 Å². The Labute approximate surface area is 131 Å². The van der Waals surface area contributed by atoms with Crippen LogP contribution in [0.5, 0.6) is 5.75 Å². The lowest BCUT2D eigenvalue weighted by atomic mass is 10.1. The van der Waals surface area contributed by atoms with Crippen LogP contribution in [0, 0.1) is 13.8 Å². The van der Waals surface area contributed by atoms with Gasteiger partial charge in [-0.1, -0.05) is 6.07 Å². The Balaban J connectivity index is 2.12. The van der Waals surface area contributed by atoms with Gasteiger partial charge in [-0.25, -0.2) is 13.1 Å². The molecule has 0 fully saturated rings. The molecule has 1 N–H and O–H groups in total. The third-order valence-electron chi connectivity index (χ3n) is 3.41. The fraction of sp³-hybridized carbons (Fsp3) is 0.312. The first-order valence-electron chi connectivity index (χ1n) is 6.98. The van der Waals surface area contributed by atoms with E-state index in [1.807, 2.05) is 19.1 Å². The molecule has 0 spiro atoms. The van der Waals surface area contributed by atoms with Gasteiger partial charge in [0.2, 0.25) is 10.0 Å². The van der Waals surface area contributed by atoms with Crippen LogP contribution in [0.2, 0.25) is 0 Å². The fourth-order valence-corrected chi connectivity index (χ4v) is 3.57. The molecule has 0 amide bonds. The normalized spacial score (nSPS) is 11.4. The summed E-state index contributed by atoms with van der Waals surface area (Å²) in [5.74, 6) is 0.687. The van der Waals surface area contributed by atoms with Crippen LogP contribution in [-0.2, 0) is 16.4 Å². The highest BCUT2D eigenvalue weighted by molar-refractivity contribution is 7.89. The maximum absolute atomic E-state index is 12.4. The largest absolute Gasteiger partial charge is 0.496 e. The van der Waals surface area contributed by atoms with Crippen LogP contribution in [-0.4, -0.2) is 27.1 Å². The number of nitrogens with zero attached hydrogens (tertiary/aromatic N) is 1. The maximum Gasteiger partial charge on any atom is 0.240 e. The van der Waals surface area contributed by atoms with E-state index in [-0.39, 0.29) is 4.90 Å². The van der Waals surface area contributed by atoms with Gasteiger partial charge in [0, 0.05) is 18.9 Å². The molecule has 0 unspecified atom stereocenters. The molecular formula is C16H20N2O3S. The Bertz CT molecular complexity index is 743. The lowest BCUT2D eigenvalue weighted by Gasteiger charge is -2.12. The highest BCUT2D eigenvalue weighted by Gasteiger charge is 2.18. The van der Waals surface area contributed by atoms with Crippen LogP contribution in [0.15, 0.2) is 41.6 Å². The summed E-state index contributed by atoms with van der Waals surface area (Å²) in [4.78, 5) is 4.30. The zero-order valence-corrected chi connectivity index (χ0v) is 13.8. The average Bonchev–Trinajstić information content (AvgIpc) is 2.50. The highest BCUT2D eigenvalue weighted by Crippen LogP contribution is 2.25. The van der Waals surface area contributed by atoms with Crippen molar-refractivity contribution in [2.75, 3.05) is 13.7 Å². The van der Waals surface area contributed by atoms with Crippen molar-refractivity contribution in [3.05, 3.63) is 53.3 Å². The summed E-state index contributed by atoms with van der Waals surface area (Å²) in [6.45, 7) is 3.92. The van der Waals surface area contributed by atoms with E-state index in [0.717, 1.165) is 11.1 Å². The smallest absolute Gasteiger partial charge is 0.240 e. The lowest BCUT2D eigenvalue weighted by Crippen LogP contribution is -2.26. The quantitative estimate of drug-likeness (QED) is 0.886. The van der Waals surface area contributed by atoms with Gasteiger partial charge in [-0.3, -0.25) is 4.98 Å². The molecule has 0 aliphatic rings. The van der Waals surface area contributed by atoms with Gasteiger partial charge < -0.3 is 4.74 Å². The number of methoxy groups -OCH3 is 1. The first-order valence-corrected chi connectivity index (χ1v) is 8.46. The number of rotatable bonds is 6. The van der Waals surface area contributed by atoms with E-state index in [2.05, 4.69) is 9.71 Å². The second kappa shape index (κ2) is 6.89. The summed E-state index contributed by atoms with van der Waals surface area (Å²) in [5, 5.41) is 0. The molecule has 6 heteroatoms. The molecule has 1 heterocycles. The van der Waals surface area contributed by atoms with Crippen molar-refractivity contribution in [3.63, 3.8) is 0 Å². The van der Waals surface area contributed by atoms with Gasteiger partial charge in [0.05, 0.1) is 12.0 Å². The van der Waals surface area contributed by atoms with Crippen LogP contribution in [0.25, 0.3) is 0 Å². The zero-order chi connectivity index (χ0) is 16.2. The molecule has 0 aliphatic carbocycles. The molecule has 118 valence electrons. The minimum absolute atomic E-state index is 0.289. The van der Waals surface area contributed by atoms with Crippen molar-refractivity contribution >= 4 is 10.0 Å². The standard InChI is InChI=1S/C16H20N2O3S/c1-12-10-16(13(2)9-15(12)21-3)22(19,20)18-8-6-14-5-4-7-17-11-14/h4-5,7,9-11,18H,6,8H2,1-3H3. The third kappa shape index (κ3) is 3.84. The molecule has 5 nitrogen and oxygen atoms in total. The highest BCUT2D eigenvalue weighted by atomic mass is 32.2. The fourth-order valence-electron chi connectivity index (χ4n) is 2.23. The Morgan fingerprint density at radius 2 is 2.00 bits per heavy atom. The van der Waals surface area contributed by atoms with Crippen molar-refractivity contribution < 1.29 is 13.2 Å². The van der Waals surface area contributed by atoms with E-state index >= 15 is 0 Å². The molecule has 0 aliphatic heterocycles. The Morgan fingerprint density at radius 1 is 1.23 bits per heavy atom. The Hall–Kier alpha value is -1.92. The summed E-state index contributed by atoms with van der Waals surface area (Å²) >= 11 is 0. The van der Waals surface area contributed by atoms with Crippen molar-refractivity contribution in [3.8, 4) is 5.75 Å². The number of aryl methyl sites for hydroxylation is 2. The molecule has 0 bridgehead atoms. The molecule has 1 aromatic carbocycles.